The van der Waals surface area contributed by atoms with Gasteiger partial charge in [-0.1, -0.05) is 55.4 Å². The molecule has 0 spiro atoms. The highest BCUT2D eigenvalue weighted by atomic mass is 16.4. The van der Waals surface area contributed by atoms with Crippen molar-refractivity contribution in [1.82, 2.24) is 0 Å². The SMILES string of the molecule is CC1=C(/C=C/C(C)=C/C=C/C(C)=C/C(=O)[O-])C(C)(C)CCC1. The van der Waals surface area contributed by atoms with Gasteiger partial charge in [0.25, 0.3) is 0 Å². The Balaban J connectivity index is 2.79. The van der Waals surface area contributed by atoms with Crippen LogP contribution in [0.4, 0.5) is 0 Å². The number of rotatable bonds is 5. The molecule has 0 unspecified atom stereocenters. The van der Waals surface area contributed by atoms with Crippen molar-refractivity contribution < 1.29 is 9.90 Å². The molecule has 0 radical (unpaired) electrons. The first-order chi connectivity index (χ1) is 10.2. The van der Waals surface area contributed by atoms with Crippen molar-refractivity contribution in [1.29, 1.82) is 0 Å². The third-order valence-corrected chi connectivity index (χ3v) is 4.12. The van der Waals surface area contributed by atoms with Gasteiger partial charge in [-0.05, 0) is 62.7 Å². The molecule has 0 N–H and O–H groups in total. The van der Waals surface area contributed by atoms with Crippen molar-refractivity contribution in [2.45, 2.75) is 53.9 Å². The second-order valence-corrected chi connectivity index (χ2v) is 6.74. The number of hydrogen-bond donors (Lipinski definition) is 0. The molecule has 22 heavy (non-hydrogen) atoms. The molecule has 120 valence electrons. The summed E-state index contributed by atoms with van der Waals surface area (Å²) in [6.45, 7) is 10.6. The Morgan fingerprint density at radius 3 is 2.45 bits per heavy atom. The van der Waals surface area contributed by atoms with Crippen LogP contribution in [0, 0.1) is 5.41 Å². The van der Waals surface area contributed by atoms with Crippen molar-refractivity contribution >= 4 is 5.97 Å². The third kappa shape index (κ3) is 5.88. The molecule has 0 bridgehead atoms. The summed E-state index contributed by atoms with van der Waals surface area (Å²) in [5.74, 6) is -1.16. The lowest BCUT2D eigenvalue weighted by Crippen LogP contribution is -2.19. The quantitative estimate of drug-likeness (QED) is 0.562. The summed E-state index contributed by atoms with van der Waals surface area (Å²) in [6, 6.07) is 0. The zero-order valence-electron chi connectivity index (χ0n) is 14.4. The molecule has 1 aliphatic rings. The molecule has 0 fully saturated rings. The molecule has 0 aromatic carbocycles. The van der Waals surface area contributed by atoms with E-state index in [2.05, 4.69) is 32.9 Å². The van der Waals surface area contributed by atoms with E-state index in [1.54, 1.807) is 13.0 Å². The highest BCUT2D eigenvalue weighted by molar-refractivity contribution is 5.79. The standard InChI is InChI=1S/C20H28O2/c1-15(8-6-9-16(2)14-19(21)22)11-12-18-17(3)10-7-13-20(18,4)5/h6,8-9,11-12,14H,7,10,13H2,1-5H3,(H,21,22)/p-1/b9-6+,12-11+,15-8+,16-14+. The fourth-order valence-electron chi connectivity index (χ4n) is 2.87. The lowest BCUT2D eigenvalue weighted by molar-refractivity contribution is -0.297. The fourth-order valence-corrected chi connectivity index (χ4v) is 2.87. The number of carboxylic acids is 1. The average Bonchev–Trinajstić information content (AvgIpc) is 2.36. The molecule has 0 amide bonds. The summed E-state index contributed by atoms with van der Waals surface area (Å²) in [6.07, 6.45) is 14.8. The largest absolute Gasteiger partial charge is 0.545 e. The van der Waals surface area contributed by atoms with E-state index in [9.17, 15) is 9.90 Å². The molecule has 0 saturated carbocycles. The Labute approximate surface area is 134 Å². The topological polar surface area (TPSA) is 40.1 Å². The number of allylic oxidation sites excluding steroid dienone is 9. The molecule has 0 aromatic rings. The normalized spacial score (nSPS) is 20.2. The van der Waals surface area contributed by atoms with Crippen LogP contribution in [-0.2, 0) is 4.79 Å². The Morgan fingerprint density at radius 1 is 1.18 bits per heavy atom. The van der Waals surface area contributed by atoms with Gasteiger partial charge in [-0.15, -0.1) is 0 Å². The Bertz CT molecular complexity index is 567. The van der Waals surface area contributed by atoms with Crippen LogP contribution < -0.4 is 5.11 Å². The lowest BCUT2D eigenvalue weighted by atomic mass is 9.72. The van der Waals surface area contributed by atoms with Crippen LogP contribution in [0.15, 0.2) is 58.7 Å². The van der Waals surface area contributed by atoms with Gasteiger partial charge in [0, 0.05) is 0 Å². The summed E-state index contributed by atoms with van der Waals surface area (Å²) in [5.41, 5.74) is 4.99. The molecule has 0 aliphatic heterocycles. The van der Waals surface area contributed by atoms with Crippen LogP contribution in [0.3, 0.4) is 0 Å². The number of aliphatic carboxylic acids is 1. The van der Waals surface area contributed by atoms with Gasteiger partial charge in [-0.3, -0.25) is 0 Å². The van der Waals surface area contributed by atoms with E-state index in [1.165, 1.54) is 30.4 Å². The van der Waals surface area contributed by atoms with Gasteiger partial charge in [-0.25, -0.2) is 0 Å². The van der Waals surface area contributed by atoms with Crippen molar-refractivity contribution in [3.05, 3.63) is 58.7 Å². The Kier molecular flexibility index (Phi) is 6.61. The smallest absolute Gasteiger partial charge is 0.0645 e. The van der Waals surface area contributed by atoms with E-state index in [1.807, 2.05) is 19.1 Å². The highest BCUT2D eigenvalue weighted by Gasteiger charge is 2.26. The van der Waals surface area contributed by atoms with Crippen molar-refractivity contribution in [3.63, 3.8) is 0 Å². The van der Waals surface area contributed by atoms with Crippen molar-refractivity contribution in [3.8, 4) is 0 Å². The van der Waals surface area contributed by atoms with Crippen LogP contribution in [0.2, 0.25) is 0 Å². The molecule has 0 atom stereocenters. The third-order valence-electron chi connectivity index (χ3n) is 4.12. The maximum atomic E-state index is 10.4. The van der Waals surface area contributed by atoms with E-state index in [4.69, 9.17) is 0 Å². The summed E-state index contributed by atoms with van der Waals surface area (Å²) in [4.78, 5) is 10.4. The number of carbonyl (C=O) groups is 1. The average molecular weight is 299 g/mol. The number of carbonyl (C=O) groups excluding carboxylic acids is 1. The maximum Gasteiger partial charge on any atom is 0.0645 e. The van der Waals surface area contributed by atoms with Crippen LogP contribution in [-0.4, -0.2) is 5.97 Å². The highest BCUT2D eigenvalue weighted by Crippen LogP contribution is 2.40. The summed E-state index contributed by atoms with van der Waals surface area (Å²) in [5, 5.41) is 10.4. The van der Waals surface area contributed by atoms with Gasteiger partial charge in [0.05, 0.1) is 5.97 Å². The molecule has 0 aromatic heterocycles. The molecule has 1 aliphatic carbocycles. The molecule has 1 rings (SSSR count). The molecule has 2 nitrogen and oxygen atoms in total. The first-order valence-corrected chi connectivity index (χ1v) is 7.85. The maximum absolute atomic E-state index is 10.4. The van der Waals surface area contributed by atoms with Gasteiger partial charge in [0.2, 0.25) is 0 Å². The van der Waals surface area contributed by atoms with E-state index in [0.29, 0.717) is 5.57 Å². The Hall–Kier alpha value is -1.83. The van der Waals surface area contributed by atoms with Gasteiger partial charge < -0.3 is 9.90 Å². The van der Waals surface area contributed by atoms with Crippen LogP contribution >= 0.6 is 0 Å². The van der Waals surface area contributed by atoms with Crippen LogP contribution in [0.5, 0.6) is 0 Å². The van der Waals surface area contributed by atoms with E-state index < -0.39 is 5.97 Å². The zero-order valence-corrected chi connectivity index (χ0v) is 14.4. The molecular formula is C20H27O2-. The minimum Gasteiger partial charge on any atom is -0.545 e. The minimum absolute atomic E-state index is 0.253. The van der Waals surface area contributed by atoms with Crippen LogP contribution in [0.1, 0.15) is 53.9 Å². The summed E-state index contributed by atoms with van der Waals surface area (Å²) >= 11 is 0. The second kappa shape index (κ2) is 7.98. The Morgan fingerprint density at radius 2 is 1.86 bits per heavy atom. The molecule has 2 heteroatoms. The monoisotopic (exact) mass is 299 g/mol. The van der Waals surface area contributed by atoms with Crippen molar-refractivity contribution in [2.75, 3.05) is 0 Å². The second-order valence-electron chi connectivity index (χ2n) is 6.74. The van der Waals surface area contributed by atoms with E-state index >= 15 is 0 Å². The fraction of sp³-hybridized carbons (Fsp3) is 0.450. The minimum atomic E-state index is -1.16. The predicted molar refractivity (Wildman–Crippen MR) is 91.1 cm³/mol. The van der Waals surface area contributed by atoms with Gasteiger partial charge >= 0.3 is 0 Å². The lowest BCUT2D eigenvalue weighted by Gasteiger charge is -2.32. The first kappa shape index (κ1) is 18.2. The van der Waals surface area contributed by atoms with Crippen molar-refractivity contribution in [2.24, 2.45) is 5.41 Å². The molecular weight excluding hydrogens is 272 g/mol. The summed E-state index contributed by atoms with van der Waals surface area (Å²) in [7, 11) is 0. The van der Waals surface area contributed by atoms with E-state index in [0.717, 1.165) is 11.6 Å². The van der Waals surface area contributed by atoms with Gasteiger partial charge in [-0.2, -0.15) is 0 Å². The number of carboxylic acid groups (broad SMARTS) is 1. The van der Waals surface area contributed by atoms with E-state index in [-0.39, 0.29) is 5.41 Å². The molecule has 0 saturated heterocycles. The molecule has 0 heterocycles. The van der Waals surface area contributed by atoms with Gasteiger partial charge in [0.1, 0.15) is 0 Å². The zero-order chi connectivity index (χ0) is 16.8. The van der Waals surface area contributed by atoms with Crippen LogP contribution in [0.25, 0.3) is 0 Å². The first-order valence-electron chi connectivity index (χ1n) is 7.85. The number of hydrogen-bond acceptors (Lipinski definition) is 2. The predicted octanol–water partition coefficient (Wildman–Crippen LogP) is 4.27. The summed E-state index contributed by atoms with van der Waals surface area (Å²) < 4.78 is 0. The van der Waals surface area contributed by atoms with Gasteiger partial charge in [0.15, 0.2) is 0 Å².